The molecule has 4 nitrogen and oxygen atoms in total. The molecule has 2 heterocycles. The molecular formula is C10H8N4. The molecule has 0 atom stereocenters. The zero-order valence-electron chi connectivity index (χ0n) is 7.41. The van der Waals surface area contributed by atoms with Gasteiger partial charge in [0.25, 0.3) is 0 Å². The summed E-state index contributed by atoms with van der Waals surface area (Å²) in [6.07, 6.45) is 8.26. The van der Waals surface area contributed by atoms with Crippen LogP contribution < -0.4 is 0 Å². The van der Waals surface area contributed by atoms with Gasteiger partial charge in [-0.3, -0.25) is 0 Å². The van der Waals surface area contributed by atoms with Crippen molar-refractivity contribution in [1.82, 2.24) is 15.0 Å². The summed E-state index contributed by atoms with van der Waals surface area (Å²) in [6, 6.07) is 5.58. The zero-order chi connectivity index (χ0) is 9.64. The van der Waals surface area contributed by atoms with E-state index in [1.165, 1.54) is 6.33 Å². The van der Waals surface area contributed by atoms with Crippen LogP contribution in [0.1, 0.15) is 5.56 Å². The third-order valence-electron chi connectivity index (χ3n) is 1.58. The molecule has 0 amide bonds. The molecule has 2 rings (SSSR count). The van der Waals surface area contributed by atoms with Gasteiger partial charge in [0.2, 0.25) is 0 Å². The largest absolute Gasteiger partial charge is 0.244 e. The van der Waals surface area contributed by atoms with Gasteiger partial charge in [-0.05, 0) is 12.1 Å². The normalized spacial score (nSPS) is 10.6. The number of aliphatic imine (C=N–C) groups is 1. The van der Waals surface area contributed by atoms with Crippen LogP contribution in [0, 0.1) is 0 Å². The van der Waals surface area contributed by atoms with Gasteiger partial charge in [0.05, 0.1) is 0 Å². The quantitative estimate of drug-likeness (QED) is 0.666. The van der Waals surface area contributed by atoms with Crippen molar-refractivity contribution in [2.24, 2.45) is 4.99 Å². The van der Waals surface area contributed by atoms with E-state index in [2.05, 4.69) is 19.9 Å². The van der Waals surface area contributed by atoms with Crippen LogP contribution in [0.15, 0.2) is 48.1 Å². The van der Waals surface area contributed by atoms with Crippen molar-refractivity contribution in [2.45, 2.75) is 0 Å². The van der Waals surface area contributed by atoms with Crippen LogP contribution in [0.3, 0.4) is 0 Å². The summed E-state index contributed by atoms with van der Waals surface area (Å²) in [5, 5.41) is 0. The van der Waals surface area contributed by atoms with Crippen LogP contribution in [0.2, 0.25) is 0 Å². The van der Waals surface area contributed by atoms with Gasteiger partial charge in [0.15, 0.2) is 5.82 Å². The molecule has 0 aliphatic carbocycles. The zero-order valence-corrected chi connectivity index (χ0v) is 7.41. The van der Waals surface area contributed by atoms with Crippen molar-refractivity contribution < 1.29 is 0 Å². The van der Waals surface area contributed by atoms with Crippen LogP contribution >= 0.6 is 0 Å². The monoisotopic (exact) mass is 184 g/mol. The molecule has 0 fully saturated rings. The molecule has 0 bridgehead atoms. The lowest BCUT2D eigenvalue weighted by Crippen LogP contribution is -1.84. The van der Waals surface area contributed by atoms with Crippen LogP contribution in [0.4, 0.5) is 5.82 Å². The average molecular weight is 184 g/mol. The van der Waals surface area contributed by atoms with Crippen LogP contribution in [-0.4, -0.2) is 21.2 Å². The third-order valence-corrected chi connectivity index (χ3v) is 1.58. The first-order valence-electron chi connectivity index (χ1n) is 4.15. The second kappa shape index (κ2) is 4.23. The van der Waals surface area contributed by atoms with Gasteiger partial charge in [0, 0.05) is 30.4 Å². The van der Waals surface area contributed by atoms with Crippen molar-refractivity contribution in [3.05, 3.63) is 48.7 Å². The minimum absolute atomic E-state index is 0.677. The topological polar surface area (TPSA) is 51.0 Å². The highest BCUT2D eigenvalue weighted by atomic mass is 14.9. The number of pyridine rings is 1. The first-order valence-corrected chi connectivity index (χ1v) is 4.15. The Kier molecular flexibility index (Phi) is 2.56. The minimum Gasteiger partial charge on any atom is -0.244 e. The summed E-state index contributed by atoms with van der Waals surface area (Å²) in [4.78, 5) is 16.0. The molecule has 2 aromatic rings. The van der Waals surface area contributed by atoms with E-state index in [9.17, 15) is 0 Å². The SMILES string of the molecule is C(=N\c1ccccn1)/c1cncnc1. The lowest BCUT2D eigenvalue weighted by molar-refractivity contribution is 1.16. The summed E-state index contributed by atoms with van der Waals surface area (Å²) in [5.74, 6) is 0.677. The maximum absolute atomic E-state index is 4.16. The second-order valence-electron chi connectivity index (χ2n) is 2.62. The first kappa shape index (κ1) is 8.50. The van der Waals surface area contributed by atoms with Gasteiger partial charge < -0.3 is 0 Å². The second-order valence-corrected chi connectivity index (χ2v) is 2.62. The molecule has 0 saturated carbocycles. The van der Waals surface area contributed by atoms with Gasteiger partial charge in [-0.2, -0.15) is 0 Å². The van der Waals surface area contributed by atoms with E-state index in [-0.39, 0.29) is 0 Å². The first-order chi connectivity index (χ1) is 6.95. The van der Waals surface area contributed by atoms with Crippen molar-refractivity contribution in [2.75, 3.05) is 0 Å². The summed E-state index contributed by atoms with van der Waals surface area (Å²) in [5.41, 5.74) is 0.859. The molecule has 0 N–H and O–H groups in total. The summed E-state index contributed by atoms with van der Waals surface area (Å²) < 4.78 is 0. The Balaban J connectivity index is 2.16. The van der Waals surface area contributed by atoms with Gasteiger partial charge >= 0.3 is 0 Å². The van der Waals surface area contributed by atoms with Crippen LogP contribution in [-0.2, 0) is 0 Å². The minimum atomic E-state index is 0.677. The number of hydrogen-bond acceptors (Lipinski definition) is 4. The fourth-order valence-corrected chi connectivity index (χ4v) is 0.948. The molecule has 68 valence electrons. The molecule has 0 unspecified atom stereocenters. The summed E-state index contributed by atoms with van der Waals surface area (Å²) in [7, 11) is 0. The van der Waals surface area contributed by atoms with Gasteiger partial charge in [-0.25, -0.2) is 19.9 Å². The van der Waals surface area contributed by atoms with E-state index < -0.39 is 0 Å². The van der Waals surface area contributed by atoms with Gasteiger partial charge in [0.1, 0.15) is 6.33 Å². The smallest absolute Gasteiger partial charge is 0.151 e. The fourth-order valence-electron chi connectivity index (χ4n) is 0.948. The molecular weight excluding hydrogens is 176 g/mol. The van der Waals surface area contributed by atoms with Crippen LogP contribution in [0.25, 0.3) is 0 Å². The fraction of sp³-hybridized carbons (Fsp3) is 0. The standard InChI is InChI=1S/C10H8N4/c1-2-4-13-10(3-1)14-7-9-5-11-8-12-6-9/h1-8H/b14-7+. The molecule has 2 aromatic heterocycles. The van der Waals surface area contributed by atoms with E-state index in [0.717, 1.165) is 5.56 Å². The molecule has 0 saturated heterocycles. The van der Waals surface area contributed by atoms with Crippen molar-refractivity contribution >= 4 is 12.0 Å². The number of nitrogens with zero attached hydrogens (tertiary/aromatic N) is 4. The van der Waals surface area contributed by atoms with Crippen molar-refractivity contribution in [3.63, 3.8) is 0 Å². The van der Waals surface area contributed by atoms with E-state index in [1.54, 1.807) is 24.8 Å². The van der Waals surface area contributed by atoms with E-state index in [0.29, 0.717) is 5.82 Å². The summed E-state index contributed by atoms with van der Waals surface area (Å²) >= 11 is 0. The number of hydrogen-bond donors (Lipinski definition) is 0. The van der Waals surface area contributed by atoms with Gasteiger partial charge in [-0.15, -0.1) is 0 Å². The Morgan fingerprint density at radius 1 is 1.14 bits per heavy atom. The molecule has 4 heteroatoms. The highest BCUT2D eigenvalue weighted by Gasteiger charge is 1.87. The molecule has 0 spiro atoms. The lowest BCUT2D eigenvalue weighted by atomic mass is 10.4. The Bertz CT molecular complexity index is 369. The maximum atomic E-state index is 4.16. The Hall–Kier alpha value is -2.10. The van der Waals surface area contributed by atoms with E-state index >= 15 is 0 Å². The van der Waals surface area contributed by atoms with E-state index in [1.807, 2.05) is 18.2 Å². The molecule has 0 aromatic carbocycles. The Labute approximate surface area is 81.4 Å². The molecule has 0 aliphatic heterocycles. The molecule has 14 heavy (non-hydrogen) atoms. The number of rotatable bonds is 2. The summed E-state index contributed by atoms with van der Waals surface area (Å²) in [6.45, 7) is 0. The highest BCUT2D eigenvalue weighted by Crippen LogP contribution is 2.04. The average Bonchev–Trinajstić information content (AvgIpc) is 2.29. The van der Waals surface area contributed by atoms with Gasteiger partial charge in [-0.1, -0.05) is 6.07 Å². The molecule has 0 radical (unpaired) electrons. The third kappa shape index (κ3) is 2.20. The lowest BCUT2D eigenvalue weighted by Gasteiger charge is -1.90. The van der Waals surface area contributed by atoms with Crippen molar-refractivity contribution in [3.8, 4) is 0 Å². The number of aromatic nitrogens is 3. The Morgan fingerprint density at radius 3 is 2.71 bits per heavy atom. The van der Waals surface area contributed by atoms with Crippen LogP contribution in [0.5, 0.6) is 0 Å². The van der Waals surface area contributed by atoms with E-state index in [4.69, 9.17) is 0 Å². The van der Waals surface area contributed by atoms with Crippen molar-refractivity contribution in [1.29, 1.82) is 0 Å². The maximum Gasteiger partial charge on any atom is 0.151 e. The highest BCUT2D eigenvalue weighted by molar-refractivity contribution is 5.80. The predicted molar refractivity (Wildman–Crippen MR) is 53.5 cm³/mol. The molecule has 0 aliphatic rings. The Morgan fingerprint density at radius 2 is 2.00 bits per heavy atom. The predicted octanol–water partition coefficient (Wildman–Crippen LogP) is 1.62.